The maximum atomic E-state index is 11.4. The van der Waals surface area contributed by atoms with E-state index in [0.717, 1.165) is 31.3 Å². The Morgan fingerprint density at radius 3 is 1.78 bits per heavy atom. The highest BCUT2D eigenvalue weighted by molar-refractivity contribution is 6.99. The third kappa shape index (κ3) is 11.6. The van der Waals surface area contributed by atoms with E-state index in [1.165, 1.54) is 10.4 Å². The Bertz CT molecular complexity index is 1260. The standard InChI is InChI=1S/C44H74O4Si2/c1-16-33(2)24-23-25-34(3)41(45)35(4)32-36(5)42(48-49(14,15)43(7,8)9)37(6)40(46-13)30-31-47-50(44(10,11)12,38-26-19-17-20-27-38)39-28-21-18-22-29-39/h16-22,26-29,32-34,36-37,40-42,45H,1,23-25,30-31H2,2-15H3/b35-32+/t33-,34-,36+,37+,40+,41+,42-/m0/s1. The van der Waals surface area contributed by atoms with E-state index < -0.39 is 22.7 Å². The predicted octanol–water partition coefficient (Wildman–Crippen LogP) is 10.6. The first-order valence-electron chi connectivity index (χ1n) is 19.2. The van der Waals surface area contributed by atoms with Gasteiger partial charge in [0.05, 0.1) is 18.3 Å². The normalized spacial score (nSPS) is 17.8. The van der Waals surface area contributed by atoms with Gasteiger partial charge in [0.15, 0.2) is 8.32 Å². The van der Waals surface area contributed by atoms with Gasteiger partial charge in [-0.2, -0.15) is 0 Å². The molecular formula is C44H74O4Si2. The zero-order chi connectivity index (χ0) is 37.9. The van der Waals surface area contributed by atoms with Gasteiger partial charge in [-0.3, -0.25) is 0 Å². The quantitative estimate of drug-likeness (QED) is 0.109. The number of hydrogen-bond acceptors (Lipinski definition) is 4. The van der Waals surface area contributed by atoms with Crippen LogP contribution in [-0.4, -0.2) is 53.8 Å². The minimum atomic E-state index is -2.66. The van der Waals surface area contributed by atoms with Crippen molar-refractivity contribution in [3.05, 3.63) is 85.0 Å². The molecule has 4 nitrogen and oxygen atoms in total. The van der Waals surface area contributed by atoms with Gasteiger partial charge >= 0.3 is 0 Å². The van der Waals surface area contributed by atoms with Crippen LogP contribution < -0.4 is 10.4 Å². The van der Waals surface area contributed by atoms with E-state index in [4.69, 9.17) is 13.6 Å². The second-order valence-corrected chi connectivity index (χ2v) is 26.7. The van der Waals surface area contributed by atoms with Gasteiger partial charge in [-0.1, -0.05) is 148 Å². The van der Waals surface area contributed by atoms with Crippen molar-refractivity contribution >= 4 is 27.0 Å². The van der Waals surface area contributed by atoms with Crippen LogP contribution in [0.1, 0.15) is 102 Å². The monoisotopic (exact) mass is 723 g/mol. The minimum Gasteiger partial charge on any atom is -0.413 e. The molecule has 0 unspecified atom stereocenters. The van der Waals surface area contributed by atoms with Crippen molar-refractivity contribution < 1.29 is 18.7 Å². The highest BCUT2D eigenvalue weighted by atomic mass is 28.4. The number of allylic oxidation sites excluding steroid dienone is 1. The molecule has 282 valence electrons. The van der Waals surface area contributed by atoms with Crippen molar-refractivity contribution in [3.8, 4) is 0 Å². The van der Waals surface area contributed by atoms with Crippen LogP contribution in [0.15, 0.2) is 85.0 Å². The fraction of sp³-hybridized carbons (Fsp3) is 0.636. The van der Waals surface area contributed by atoms with E-state index in [1.807, 2.05) is 13.2 Å². The molecule has 7 atom stereocenters. The Labute approximate surface area is 310 Å². The molecule has 0 aliphatic rings. The van der Waals surface area contributed by atoms with Crippen LogP contribution in [0.4, 0.5) is 0 Å². The van der Waals surface area contributed by atoms with Crippen LogP contribution in [-0.2, 0) is 13.6 Å². The first kappa shape index (κ1) is 44.4. The van der Waals surface area contributed by atoms with E-state index >= 15 is 0 Å². The maximum Gasteiger partial charge on any atom is 0.261 e. The summed E-state index contributed by atoms with van der Waals surface area (Å²) in [4.78, 5) is 0. The molecule has 0 aliphatic heterocycles. The predicted molar refractivity (Wildman–Crippen MR) is 222 cm³/mol. The summed E-state index contributed by atoms with van der Waals surface area (Å²) in [7, 11) is -2.97. The van der Waals surface area contributed by atoms with Gasteiger partial charge in [0.2, 0.25) is 0 Å². The zero-order valence-electron chi connectivity index (χ0n) is 34.4. The topological polar surface area (TPSA) is 47.9 Å². The van der Waals surface area contributed by atoms with E-state index in [-0.39, 0.29) is 40.0 Å². The molecule has 0 saturated carbocycles. The molecule has 0 spiro atoms. The second-order valence-electron chi connectivity index (χ2n) is 17.6. The molecule has 0 bridgehead atoms. The second kappa shape index (κ2) is 19.3. The minimum absolute atomic E-state index is 0.0603. The van der Waals surface area contributed by atoms with Crippen LogP contribution >= 0.6 is 0 Å². The Hall–Kier alpha value is -1.81. The van der Waals surface area contributed by atoms with E-state index in [9.17, 15) is 5.11 Å². The molecule has 0 heterocycles. The van der Waals surface area contributed by atoms with Crippen molar-refractivity contribution in [1.82, 2.24) is 0 Å². The lowest BCUT2D eigenvalue weighted by Crippen LogP contribution is -2.66. The van der Waals surface area contributed by atoms with Gasteiger partial charge in [0.1, 0.15) is 0 Å². The SMILES string of the molecule is C=C[C@H](C)CCC[C@H](C)[C@@H](O)/C(C)=C/[C@@H](C)[C@H](O[Si](C)(C)C(C)(C)C)[C@H](C)[C@@H](CCO[Si](c1ccccc1)(c1ccccc1)C(C)(C)C)OC. The number of methoxy groups -OCH3 is 1. The van der Waals surface area contributed by atoms with Crippen molar-refractivity contribution in [1.29, 1.82) is 0 Å². The van der Waals surface area contributed by atoms with Crippen molar-refractivity contribution in [2.75, 3.05) is 13.7 Å². The molecule has 0 aromatic heterocycles. The van der Waals surface area contributed by atoms with Gasteiger partial charge in [0, 0.05) is 19.6 Å². The fourth-order valence-corrected chi connectivity index (χ4v) is 13.2. The third-order valence-electron chi connectivity index (χ3n) is 11.6. The van der Waals surface area contributed by atoms with Crippen molar-refractivity contribution in [2.45, 2.75) is 143 Å². The first-order chi connectivity index (χ1) is 23.2. The van der Waals surface area contributed by atoms with Gasteiger partial charge in [-0.05, 0) is 83.1 Å². The molecule has 0 radical (unpaired) electrons. The molecular weight excluding hydrogens is 649 g/mol. The van der Waals surface area contributed by atoms with Gasteiger partial charge in [-0.25, -0.2) is 0 Å². The molecule has 2 rings (SSSR count). The summed E-state index contributed by atoms with van der Waals surface area (Å²) in [5, 5.41) is 13.9. The highest BCUT2D eigenvalue weighted by Crippen LogP contribution is 2.41. The van der Waals surface area contributed by atoms with Crippen LogP contribution in [0, 0.1) is 23.7 Å². The van der Waals surface area contributed by atoms with Crippen LogP contribution in [0.25, 0.3) is 0 Å². The lowest BCUT2D eigenvalue weighted by Gasteiger charge is -2.45. The molecule has 2 aromatic carbocycles. The molecule has 0 aliphatic carbocycles. The summed E-state index contributed by atoms with van der Waals surface area (Å²) in [5.74, 6) is 0.898. The average Bonchev–Trinajstić information content (AvgIpc) is 3.06. The molecule has 2 aromatic rings. The number of ether oxygens (including phenoxy) is 1. The largest absolute Gasteiger partial charge is 0.413 e. The molecule has 0 fully saturated rings. The van der Waals surface area contributed by atoms with E-state index in [1.54, 1.807) is 0 Å². The van der Waals surface area contributed by atoms with Gasteiger partial charge in [-0.15, -0.1) is 6.58 Å². The number of hydrogen-bond donors (Lipinski definition) is 1. The maximum absolute atomic E-state index is 11.4. The molecule has 0 saturated heterocycles. The summed E-state index contributed by atoms with van der Waals surface area (Å²) in [6.45, 7) is 34.1. The summed E-state index contributed by atoms with van der Waals surface area (Å²) < 4.78 is 20.9. The van der Waals surface area contributed by atoms with Crippen LogP contribution in [0.3, 0.4) is 0 Å². The number of rotatable bonds is 20. The summed E-state index contributed by atoms with van der Waals surface area (Å²) >= 11 is 0. The van der Waals surface area contributed by atoms with Gasteiger partial charge in [0.25, 0.3) is 8.32 Å². The van der Waals surface area contributed by atoms with Crippen LogP contribution in [0.5, 0.6) is 0 Å². The highest BCUT2D eigenvalue weighted by Gasteiger charge is 2.50. The summed E-state index contributed by atoms with van der Waals surface area (Å²) in [6, 6.07) is 21.7. The summed E-state index contributed by atoms with van der Waals surface area (Å²) in [6.07, 6.45) is 7.65. The Kier molecular flexibility index (Phi) is 17.1. The smallest absolute Gasteiger partial charge is 0.261 e. The number of benzene rings is 2. The molecule has 50 heavy (non-hydrogen) atoms. The van der Waals surface area contributed by atoms with Crippen molar-refractivity contribution in [2.24, 2.45) is 23.7 Å². The zero-order valence-corrected chi connectivity index (χ0v) is 36.4. The Morgan fingerprint density at radius 2 is 1.34 bits per heavy atom. The molecule has 1 N–H and O–H groups in total. The first-order valence-corrected chi connectivity index (χ1v) is 24.0. The molecule has 0 amide bonds. The Morgan fingerprint density at radius 1 is 0.820 bits per heavy atom. The fourth-order valence-electron chi connectivity index (χ4n) is 7.20. The van der Waals surface area contributed by atoms with E-state index in [2.05, 4.69) is 163 Å². The lowest BCUT2D eigenvalue weighted by atomic mass is 9.85. The summed E-state index contributed by atoms with van der Waals surface area (Å²) in [5.41, 5.74) is 1.03. The molecule has 6 heteroatoms. The van der Waals surface area contributed by atoms with Crippen molar-refractivity contribution in [3.63, 3.8) is 0 Å². The van der Waals surface area contributed by atoms with Crippen LogP contribution in [0.2, 0.25) is 23.2 Å². The van der Waals surface area contributed by atoms with Gasteiger partial charge < -0.3 is 18.7 Å². The van der Waals surface area contributed by atoms with E-state index in [0.29, 0.717) is 12.5 Å². The Balaban J connectivity index is 2.40. The number of aliphatic hydroxyl groups is 1. The average molecular weight is 723 g/mol. The lowest BCUT2D eigenvalue weighted by molar-refractivity contribution is -0.0230. The third-order valence-corrected chi connectivity index (χ3v) is 21.1. The number of aliphatic hydroxyl groups excluding tert-OH is 1.